The molecular formula is C11H18N2O3. The highest BCUT2D eigenvalue weighted by molar-refractivity contribution is 5.87. The molecule has 1 heterocycles. The number of rotatable bonds is 5. The highest BCUT2D eigenvalue weighted by Crippen LogP contribution is 2.07. The Morgan fingerprint density at radius 1 is 1.56 bits per heavy atom. The molecule has 0 spiro atoms. The van der Waals surface area contributed by atoms with E-state index in [1.165, 1.54) is 6.08 Å². The summed E-state index contributed by atoms with van der Waals surface area (Å²) in [4.78, 5) is 22.5. The Morgan fingerprint density at radius 3 is 2.81 bits per heavy atom. The summed E-state index contributed by atoms with van der Waals surface area (Å²) in [5, 5.41) is 14.5. The van der Waals surface area contributed by atoms with Crippen molar-refractivity contribution in [3.8, 4) is 0 Å². The van der Waals surface area contributed by atoms with Gasteiger partial charge in [-0.05, 0) is 25.8 Å². The lowest BCUT2D eigenvalue weighted by Crippen LogP contribution is -2.51. The van der Waals surface area contributed by atoms with Crippen molar-refractivity contribution in [1.29, 1.82) is 0 Å². The Bertz CT molecular complexity index is 272. The van der Waals surface area contributed by atoms with Crippen LogP contribution in [0.1, 0.15) is 25.7 Å². The number of hydrogen-bond donors (Lipinski definition) is 3. The predicted octanol–water partition coefficient (Wildman–Crippen LogP) is 0.274. The highest BCUT2D eigenvalue weighted by Gasteiger charge is 2.25. The summed E-state index contributed by atoms with van der Waals surface area (Å²) >= 11 is 0. The molecule has 0 bridgehead atoms. The number of piperidine rings is 1. The summed E-state index contributed by atoms with van der Waals surface area (Å²) in [6.45, 7) is 4.29. The number of carbonyl (C=O) groups excluding carboxylic acids is 1. The van der Waals surface area contributed by atoms with E-state index in [-0.39, 0.29) is 18.4 Å². The van der Waals surface area contributed by atoms with Crippen molar-refractivity contribution in [2.75, 3.05) is 6.54 Å². The monoisotopic (exact) mass is 226 g/mol. The molecule has 2 atom stereocenters. The van der Waals surface area contributed by atoms with Crippen LogP contribution in [0, 0.1) is 0 Å². The second kappa shape index (κ2) is 6.27. The number of carboxylic acid groups (broad SMARTS) is 1. The molecule has 5 heteroatoms. The average Bonchev–Trinajstić information content (AvgIpc) is 2.29. The summed E-state index contributed by atoms with van der Waals surface area (Å²) in [5.41, 5.74) is 0. The fraction of sp³-hybridized carbons (Fsp3) is 0.636. The van der Waals surface area contributed by atoms with Crippen molar-refractivity contribution in [2.24, 2.45) is 0 Å². The van der Waals surface area contributed by atoms with Gasteiger partial charge >= 0.3 is 5.97 Å². The maximum absolute atomic E-state index is 11.7. The van der Waals surface area contributed by atoms with Gasteiger partial charge in [-0.1, -0.05) is 12.5 Å². The number of amides is 1. The molecule has 0 aliphatic carbocycles. The first kappa shape index (κ1) is 12.7. The third-order valence-corrected chi connectivity index (χ3v) is 2.64. The molecule has 16 heavy (non-hydrogen) atoms. The van der Waals surface area contributed by atoms with E-state index in [0.717, 1.165) is 25.8 Å². The zero-order chi connectivity index (χ0) is 12.0. The lowest BCUT2D eigenvalue weighted by atomic mass is 10.0. The van der Waals surface area contributed by atoms with E-state index in [4.69, 9.17) is 5.11 Å². The van der Waals surface area contributed by atoms with Gasteiger partial charge in [-0.15, -0.1) is 6.58 Å². The lowest BCUT2D eigenvalue weighted by molar-refractivity contribution is -0.142. The maximum Gasteiger partial charge on any atom is 0.326 e. The second-order valence-corrected chi connectivity index (χ2v) is 3.93. The molecule has 1 saturated heterocycles. The molecule has 0 radical (unpaired) electrons. The molecule has 1 aliphatic rings. The third-order valence-electron chi connectivity index (χ3n) is 2.64. The molecule has 0 aromatic rings. The summed E-state index contributed by atoms with van der Waals surface area (Å²) in [7, 11) is 0. The van der Waals surface area contributed by atoms with Crippen LogP contribution in [0.25, 0.3) is 0 Å². The average molecular weight is 226 g/mol. The zero-order valence-corrected chi connectivity index (χ0v) is 9.24. The quantitative estimate of drug-likeness (QED) is 0.588. The minimum Gasteiger partial charge on any atom is -0.480 e. The van der Waals surface area contributed by atoms with Gasteiger partial charge in [0.15, 0.2) is 0 Å². The van der Waals surface area contributed by atoms with Crippen LogP contribution in [0.3, 0.4) is 0 Å². The molecule has 0 aromatic heterocycles. The lowest BCUT2D eigenvalue weighted by Gasteiger charge is -2.24. The topological polar surface area (TPSA) is 78.4 Å². The number of aliphatic carboxylic acids is 1. The predicted molar refractivity (Wildman–Crippen MR) is 60.0 cm³/mol. The standard InChI is InChI=1S/C11H18N2O3/c1-2-5-9(11(15)16)13-10(14)8-6-3-4-7-12-8/h2,8-9,12H,1,3-7H2,(H,13,14)(H,15,16)/t8-,9?/m0/s1. The minimum atomic E-state index is -1.02. The Morgan fingerprint density at radius 2 is 2.31 bits per heavy atom. The minimum absolute atomic E-state index is 0.228. The number of nitrogens with one attached hydrogen (secondary N) is 2. The molecule has 5 nitrogen and oxygen atoms in total. The van der Waals surface area contributed by atoms with E-state index in [9.17, 15) is 9.59 Å². The maximum atomic E-state index is 11.7. The van der Waals surface area contributed by atoms with Crippen LogP contribution in [0.2, 0.25) is 0 Å². The van der Waals surface area contributed by atoms with Gasteiger partial charge < -0.3 is 15.7 Å². The third kappa shape index (κ3) is 3.66. The Kier molecular flexibility index (Phi) is 4.98. The zero-order valence-electron chi connectivity index (χ0n) is 9.24. The van der Waals surface area contributed by atoms with Crippen LogP contribution in [-0.2, 0) is 9.59 Å². The van der Waals surface area contributed by atoms with E-state index in [1.807, 2.05) is 0 Å². The number of hydrogen-bond acceptors (Lipinski definition) is 3. The van der Waals surface area contributed by atoms with Gasteiger partial charge in [-0.3, -0.25) is 4.79 Å². The normalized spacial score (nSPS) is 22.1. The van der Waals surface area contributed by atoms with Crippen molar-refractivity contribution in [3.05, 3.63) is 12.7 Å². The van der Waals surface area contributed by atoms with Gasteiger partial charge in [-0.25, -0.2) is 4.79 Å². The van der Waals surface area contributed by atoms with Crippen LogP contribution < -0.4 is 10.6 Å². The largest absolute Gasteiger partial charge is 0.480 e. The van der Waals surface area contributed by atoms with Gasteiger partial charge in [0.05, 0.1) is 6.04 Å². The first-order valence-electron chi connectivity index (χ1n) is 5.52. The van der Waals surface area contributed by atoms with Crippen LogP contribution in [0.4, 0.5) is 0 Å². The SMILES string of the molecule is C=CCC(NC(=O)[C@@H]1CCCCN1)C(=O)O. The van der Waals surface area contributed by atoms with E-state index in [1.54, 1.807) is 0 Å². The van der Waals surface area contributed by atoms with Crippen LogP contribution >= 0.6 is 0 Å². The van der Waals surface area contributed by atoms with Gasteiger partial charge in [0.2, 0.25) is 5.91 Å². The van der Waals surface area contributed by atoms with Crippen LogP contribution in [-0.4, -0.2) is 35.6 Å². The highest BCUT2D eigenvalue weighted by atomic mass is 16.4. The molecule has 0 saturated carbocycles. The Balaban J connectivity index is 2.46. The van der Waals surface area contributed by atoms with Crippen molar-refractivity contribution < 1.29 is 14.7 Å². The first-order valence-corrected chi connectivity index (χ1v) is 5.52. The van der Waals surface area contributed by atoms with Gasteiger partial charge in [0.1, 0.15) is 6.04 Å². The van der Waals surface area contributed by atoms with E-state index in [2.05, 4.69) is 17.2 Å². The van der Waals surface area contributed by atoms with Gasteiger partial charge in [0.25, 0.3) is 0 Å². The van der Waals surface area contributed by atoms with Crippen LogP contribution in [0.15, 0.2) is 12.7 Å². The summed E-state index contributed by atoms with van der Waals surface area (Å²) in [6.07, 6.45) is 4.58. The molecular weight excluding hydrogens is 208 g/mol. The van der Waals surface area contributed by atoms with Gasteiger partial charge in [0, 0.05) is 0 Å². The molecule has 1 fully saturated rings. The smallest absolute Gasteiger partial charge is 0.326 e. The molecule has 1 rings (SSSR count). The van der Waals surface area contributed by atoms with Crippen molar-refractivity contribution >= 4 is 11.9 Å². The Hall–Kier alpha value is -1.36. The molecule has 1 unspecified atom stereocenters. The van der Waals surface area contributed by atoms with Crippen LogP contribution in [0.5, 0.6) is 0 Å². The molecule has 0 aromatic carbocycles. The number of carboxylic acids is 1. The van der Waals surface area contributed by atoms with E-state index in [0.29, 0.717) is 0 Å². The van der Waals surface area contributed by atoms with Crippen molar-refractivity contribution in [2.45, 2.75) is 37.8 Å². The van der Waals surface area contributed by atoms with Gasteiger partial charge in [-0.2, -0.15) is 0 Å². The number of carbonyl (C=O) groups is 2. The summed E-state index contributed by atoms with van der Waals surface area (Å²) < 4.78 is 0. The Labute approximate surface area is 94.9 Å². The second-order valence-electron chi connectivity index (χ2n) is 3.93. The summed E-state index contributed by atoms with van der Waals surface area (Å²) in [6, 6.07) is -1.12. The fourth-order valence-corrected chi connectivity index (χ4v) is 1.74. The van der Waals surface area contributed by atoms with E-state index >= 15 is 0 Å². The van der Waals surface area contributed by atoms with Crippen molar-refractivity contribution in [3.63, 3.8) is 0 Å². The fourth-order valence-electron chi connectivity index (χ4n) is 1.74. The summed E-state index contributed by atoms with van der Waals surface area (Å²) in [5.74, 6) is -1.25. The molecule has 1 amide bonds. The van der Waals surface area contributed by atoms with Crippen molar-refractivity contribution in [1.82, 2.24) is 10.6 Å². The molecule has 90 valence electrons. The molecule has 1 aliphatic heterocycles. The van der Waals surface area contributed by atoms with E-state index < -0.39 is 12.0 Å². The first-order chi connectivity index (χ1) is 7.65. The molecule has 3 N–H and O–H groups in total.